The lowest BCUT2D eigenvalue weighted by Crippen LogP contribution is -2.19. The van der Waals surface area contributed by atoms with E-state index in [1.807, 2.05) is 26.8 Å². The number of aromatic hydroxyl groups is 1. The van der Waals surface area contributed by atoms with Crippen LogP contribution in [-0.2, 0) is 11.3 Å². The molecule has 0 saturated carbocycles. The van der Waals surface area contributed by atoms with E-state index in [0.29, 0.717) is 5.69 Å². The van der Waals surface area contributed by atoms with Gasteiger partial charge in [0.25, 0.3) is 0 Å². The maximum Gasteiger partial charge on any atom is 0.246 e. The number of phenols is 1. The predicted octanol–water partition coefficient (Wildman–Crippen LogP) is 3.42. The summed E-state index contributed by atoms with van der Waals surface area (Å²) in [5.41, 5.74) is 2.36. The number of hydrogen-bond acceptors (Lipinski definition) is 3. The molecule has 0 radical (unpaired) electrons. The number of phenolic OH excluding ortho intramolecular Hbond substituents is 1. The molecule has 6 heteroatoms. The number of nitrogens with one attached hydrogen (secondary N) is 1. The van der Waals surface area contributed by atoms with Crippen LogP contribution in [0.25, 0.3) is 0 Å². The van der Waals surface area contributed by atoms with Crippen LogP contribution < -0.4 is 5.32 Å². The maximum absolute atomic E-state index is 12.1. The van der Waals surface area contributed by atoms with Gasteiger partial charge in [0.2, 0.25) is 5.91 Å². The summed E-state index contributed by atoms with van der Waals surface area (Å²) in [5.74, 6) is 0.286. The summed E-state index contributed by atoms with van der Waals surface area (Å²) in [5, 5.41) is 16.8. The first-order valence-corrected chi connectivity index (χ1v) is 7.47. The molecule has 0 aliphatic rings. The SMILES string of the molecule is Cc1cc(O)c(C(C)C)cc1NC(=O)Cn1cc(Br)cn1. The van der Waals surface area contributed by atoms with E-state index in [1.165, 1.54) is 0 Å². The number of carbonyl (C=O) groups excluding carboxylic acids is 1. The zero-order chi connectivity index (χ0) is 15.6. The number of carbonyl (C=O) groups is 1. The minimum atomic E-state index is -0.158. The fraction of sp³-hybridized carbons (Fsp3) is 0.333. The molecule has 2 rings (SSSR count). The monoisotopic (exact) mass is 351 g/mol. The Balaban J connectivity index is 2.15. The molecule has 5 nitrogen and oxygen atoms in total. The summed E-state index contributed by atoms with van der Waals surface area (Å²) in [7, 11) is 0. The van der Waals surface area contributed by atoms with Crippen molar-refractivity contribution in [3.8, 4) is 5.75 Å². The van der Waals surface area contributed by atoms with E-state index < -0.39 is 0 Å². The molecule has 0 unspecified atom stereocenters. The number of hydrogen-bond donors (Lipinski definition) is 2. The van der Waals surface area contributed by atoms with Gasteiger partial charge in [-0.15, -0.1) is 0 Å². The molecule has 2 aromatic rings. The zero-order valence-corrected chi connectivity index (χ0v) is 13.8. The van der Waals surface area contributed by atoms with Crippen LogP contribution in [0.1, 0.15) is 30.9 Å². The van der Waals surface area contributed by atoms with Crippen molar-refractivity contribution in [3.05, 3.63) is 40.1 Å². The molecule has 0 saturated heterocycles. The highest BCUT2D eigenvalue weighted by Gasteiger charge is 2.12. The first-order chi connectivity index (χ1) is 9.86. The third-order valence-corrected chi connectivity index (χ3v) is 3.59. The lowest BCUT2D eigenvalue weighted by Gasteiger charge is -2.14. The Morgan fingerprint density at radius 1 is 1.48 bits per heavy atom. The van der Waals surface area contributed by atoms with Gasteiger partial charge in [0, 0.05) is 11.9 Å². The second-order valence-electron chi connectivity index (χ2n) is 5.28. The maximum atomic E-state index is 12.1. The van der Waals surface area contributed by atoms with Crippen LogP contribution in [-0.4, -0.2) is 20.8 Å². The fourth-order valence-corrected chi connectivity index (χ4v) is 2.40. The van der Waals surface area contributed by atoms with Crippen LogP contribution >= 0.6 is 15.9 Å². The second kappa shape index (κ2) is 6.30. The standard InChI is InChI=1S/C15H18BrN3O2/c1-9(2)12-5-13(10(3)4-14(12)20)18-15(21)8-19-7-11(16)6-17-19/h4-7,9,20H,8H2,1-3H3,(H,18,21). The summed E-state index contributed by atoms with van der Waals surface area (Å²) < 4.78 is 2.39. The smallest absolute Gasteiger partial charge is 0.246 e. The van der Waals surface area contributed by atoms with Gasteiger partial charge in [-0.25, -0.2) is 0 Å². The van der Waals surface area contributed by atoms with Crippen molar-refractivity contribution in [1.29, 1.82) is 0 Å². The molecule has 0 aliphatic heterocycles. The molecule has 0 fully saturated rings. The number of amides is 1. The Morgan fingerprint density at radius 3 is 2.76 bits per heavy atom. The summed E-state index contributed by atoms with van der Waals surface area (Å²) in [4.78, 5) is 12.1. The third kappa shape index (κ3) is 3.85. The van der Waals surface area contributed by atoms with E-state index in [-0.39, 0.29) is 24.1 Å². The largest absolute Gasteiger partial charge is 0.508 e. The summed E-state index contributed by atoms with van der Waals surface area (Å²) in [6, 6.07) is 3.50. The van der Waals surface area contributed by atoms with Gasteiger partial charge >= 0.3 is 0 Å². The lowest BCUT2D eigenvalue weighted by atomic mass is 9.99. The third-order valence-electron chi connectivity index (χ3n) is 3.18. The molecule has 0 aliphatic carbocycles. The highest BCUT2D eigenvalue weighted by molar-refractivity contribution is 9.10. The minimum Gasteiger partial charge on any atom is -0.508 e. The van der Waals surface area contributed by atoms with Crippen molar-refractivity contribution in [2.24, 2.45) is 0 Å². The van der Waals surface area contributed by atoms with E-state index in [2.05, 4.69) is 26.3 Å². The zero-order valence-electron chi connectivity index (χ0n) is 12.2. The Bertz CT molecular complexity index is 665. The van der Waals surface area contributed by atoms with Gasteiger partial charge in [-0.2, -0.15) is 5.10 Å². The minimum absolute atomic E-state index is 0.142. The van der Waals surface area contributed by atoms with Gasteiger partial charge in [0.1, 0.15) is 12.3 Å². The fourth-order valence-electron chi connectivity index (χ4n) is 2.07. The van der Waals surface area contributed by atoms with Gasteiger partial charge in [0.05, 0.1) is 10.7 Å². The van der Waals surface area contributed by atoms with Gasteiger partial charge < -0.3 is 10.4 Å². The molecule has 0 bridgehead atoms. The van der Waals surface area contributed by atoms with Crippen molar-refractivity contribution in [3.63, 3.8) is 0 Å². The highest BCUT2D eigenvalue weighted by atomic mass is 79.9. The Kier molecular flexibility index (Phi) is 4.67. The van der Waals surface area contributed by atoms with Crippen LogP contribution in [0.5, 0.6) is 5.75 Å². The Morgan fingerprint density at radius 2 is 2.19 bits per heavy atom. The molecular formula is C15H18BrN3O2. The van der Waals surface area contributed by atoms with Crippen molar-refractivity contribution in [1.82, 2.24) is 9.78 Å². The molecule has 21 heavy (non-hydrogen) atoms. The van der Waals surface area contributed by atoms with Crippen molar-refractivity contribution in [2.45, 2.75) is 33.2 Å². The molecule has 1 amide bonds. The highest BCUT2D eigenvalue weighted by Crippen LogP contribution is 2.31. The Hall–Kier alpha value is -1.82. The number of anilines is 1. The predicted molar refractivity (Wildman–Crippen MR) is 85.5 cm³/mol. The number of aryl methyl sites for hydroxylation is 1. The van der Waals surface area contributed by atoms with Crippen molar-refractivity contribution in [2.75, 3.05) is 5.32 Å². The molecule has 1 heterocycles. The van der Waals surface area contributed by atoms with Crippen molar-refractivity contribution >= 4 is 27.5 Å². The van der Waals surface area contributed by atoms with Crippen LogP contribution in [0.15, 0.2) is 29.0 Å². The summed E-state index contributed by atoms with van der Waals surface area (Å²) >= 11 is 3.29. The number of benzene rings is 1. The first kappa shape index (κ1) is 15.6. The number of nitrogens with zero attached hydrogens (tertiary/aromatic N) is 2. The van der Waals surface area contributed by atoms with E-state index in [9.17, 15) is 9.90 Å². The molecule has 0 atom stereocenters. The molecule has 0 spiro atoms. The van der Waals surface area contributed by atoms with Gasteiger partial charge in [-0.1, -0.05) is 13.8 Å². The van der Waals surface area contributed by atoms with Crippen LogP contribution in [0.3, 0.4) is 0 Å². The van der Waals surface area contributed by atoms with Gasteiger partial charge in [-0.3, -0.25) is 9.48 Å². The Labute approximate surface area is 132 Å². The van der Waals surface area contributed by atoms with Crippen LogP contribution in [0.4, 0.5) is 5.69 Å². The van der Waals surface area contributed by atoms with Gasteiger partial charge in [-0.05, 0) is 52.0 Å². The van der Waals surface area contributed by atoms with Gasteiger partial charge in [0.15, 0.2) is 0 Å². The average molecular weight is 352 g/mol. The number of halogens is 1. The second-order valence-corrected chi connectivity index (χ2v) is 6.20. The topological polar surface area (TPSA) is 67.2 Å². The van der Waals surface area contributed by atoms with E-state index >= 15 is 0 Å². The normalized spacial score (nSPS) is 10.9. The first-order valence-electron chi connectivity index (χ1n) is 6.68. The summed E-state index contributed by atoms with van der Waals surface area (Å²) in [6.45, 7) is 5.99. The lowest BCUT2D eigenvalue weighted by molar-refractivity contribution is -0.116. The van der Waals surface area contributed by atoms with E-state index in [1.54, 1.807) is 23.1 Å². The molecule has 112 valence electrons. The average Bonchev–Trinajstić information content (AvgIpc) is 2.77. The molecular weight excluding hydrogens is 334 g/mol. The molecule has 2 N–H and O–H groups in total. The molecule has 1 aromatic heterocycles. The summed E-state index contributed by atoms with van der Waals surface area (Å²) in [6.07, 6.45) is 3.37. The van der Waals surface area contributed by atoms with Crippen molar-refractivity contribution < 1.29 is 9.90 Å². The van der Waals surface area contributed by atoms with E-state index in [4.69, 9.17) is 0 Å². The molecule has 1 aromatic carbocycles. The van der Waals surface area contributed by atoms with Crippen LogP contribution in [0, 0.1) is 6.92 Å². The van der Waals surface area contributed by atoms with Crippen LogP contribution in [0.2, 0.25) is 0 Å². The quantitative estimate of drug-likeness (QED) is 0.829. The van der Waals surface area contributed by atoms with E-state index in [0.717, 1.165) is 15.6 Å². The number of rotatable bonds is 4. The number of aromatic nitrogens is 2.